The lowest BCUT2D eigenvalue weighted by molar-refractivity contribution is 0.586. The topological polar surface area (TPSA) is 46.2 Å². The molecular weight excluding hydrogens is 288 g/mol. The molecule has 0 heterocycles. The van der Waals surface area contributed by atoms with E-state index in [0.29, 0.717) is 0 Å². The molecule has 7 heteroatoms. The van der Waals surface area contributed by atoms with Crippen molar-refractivity contribution in [2.24, 2.45) is 5.92 Å². The molecule has 0 aliphatic rings. The van der Waals surface area contributed by atoms with Crippen molar-refractivity contribution in [1.29, 1.82) is 0 Å². The number of hydrogen-bond donors (Lipinski definition) is 1. The maximum Gasteiger partial charge on any atom is 0.233 e. The molecule has 0 bridgehead atoms. The fourth-order valence-electron chi connectivity index (χ4n) is 1.20. The van der Waals surface area contributed by atoms with Crippen molar-refractivity contribution in [3.8, 4) is 0 Å². The summed E-state index contributed by atoms with van der Waals surface area (Å²) in [5, 5.41) is 0.208. The Hall–Kier alpha value is -0.520. The molecule has 0 saturated heterocycles. The number of halogens is 3. The van der Waals surface area contributed by atoms with Crippen molar-refractivity contribution < 1.29 is 12.8 Å². The van der Waals surface area contributed by atoms with Crippen molar-refractivity contribution in [1.82, 2.24) is 0 Å². The van der Waals surface area contributed by atoms with Crippen LogP contribution in [0.25, 0.3) is 0 Å². The Morgan fingerprint density at radius 3 is 2.65 bits per heavy atom. The normalized spacial score (nSPS) is 13.4. The first kappa shape index (κ1) is 14.5. The molecule has 0 saturated carbocycles. The highest BCUT2D eigenvalue weighted by Crippen LogP contribution is 2.20. The van der Waals surface area contributed by atoms with Gasteiger partial charge in [-0.25, -0.2) is 12.8 Å². The van der Waals surface area contributed by atoms with Crippen LogP contribution in [0, 0.1) is 11.7 Å². The predicted octanol–water partition coefficient (Wildman–Crippen LogP) is 3.10. The van der Waals surface area contributed by atoms with Gasteiger partial charge in [-0.2, -0.15) is 0 Å². The summed E-state index contributed by atoms with van der Waals surface area (Å²) < 4.78 is 38.8. The standard InChI is InChI=1S/C10H12Cl2FNO2S/c1-7(5-11)6-17(15,16)14-10-3-2-8(12)4-9(10)13/h2-4,7,14H,5-6H2,1H3. The molecular formula is C10H12Cl2FNO2S. The van der Waals surface area contributed by atoms with E-state index in [1.807, 2.05) is 0 Å². The van der Waals surface area contributed by atoms with Crippen LogP contribution in [0.3, 0.4) is 0 Å². The van der Waals surface area contributed by atoms with Gasteiger partial charge >= 0.3 is 0 Å². The van der Waals surface area contributed by atoms with E-state index >= 15 is 0 Å². The Bertz CT molecular complexity index is 493. The first-order valence-corrected chi connectivity index (χ1v) is 7.42. The lowest BCUT2D eigenvalue weighted by Gasteiger charge is -2.11. The zero-order chi connectivity index (χ0) is 13.1. The van der Waals surface area contributed by atoms with Gasteiger partial charge in [0.15, 0.2) is 0 Å². The van der Waals surface area contributed by atoms with Crippen molar-refractivity contribution in [3.63, 3.8) is 0 Å². The summed E-state index contributed by atoms with van der Waals surface area (Å²) in [6.45, 7) is 1.70. The third-order valence-electron chi connectivity index (χ3n) is 1.96. The molecule has 0 aliphatic carbocycles. The average molecular weight is 300 g/mol. The van der Waals surface area contributed by atoms with Crippen LogP contribution >= 0.6 is 23.2 Å². The predicted molar refractivity (Wildman–Crippen MR) is 68.7 cm³/mol. The van der Waals surface area contributed by atoms with E-state index in [2.05, 4.69) is 4.72 Å². The van der Waals surface area contributed by atoms with Crippen molar-refractivity contribution in [3.05, 3.63) is 29.0 Å². The Labute approximate surface area is 110 Å². The van der Waals surface area contributed by atoms with E-state index in [1.165, 1.54) is 12.1 Å². The van der Waals surface area contributed by atoms with Crippen LogP contribution in [-0.2, 0) is 10.0 Å². The lowest BCUT2D eigenvalue weighted by atomic mass is 10.3. The van der Waals surface area contributed by atoms with E-state index in [1.54, 1.807) is 6.92 Å². The zero-order valence-corrected chi connectivity index (χ0v) is 11.4. The highest BCUT2D eigenvalue weighted by molar-refractivity contribution is 7.92. The Kier molecular flexibility index (Phi) is 5.04. The lowest BCUT2D eigenvalue weighted by Crippen LogP contribution is -2.22. The minimum Gasteiger partial charge on any atom is -0.281 e. The second-order valence-corrected chi connectivity index (χ2v) is 6.28. The smallest absolute Gasteiger partial charge is 0.233 e. The maximum absolute atomic E-state index is 13.4. The molecule has 1 rings (SSSR count). The minimum atomic E-state index is -3.60. The van der Waals surface area contributed by atoms with Gasteiger partial charge in [0.25, 0.3) is 0 Å². The third kappa shape index (κ3) is 4.69. The number of nitrogens with one attached hydrogen (secondary N) is 1. The van der Waals surface area contributed by atoms with Crippen LogP contribution in [0.2, 0.25) is 5.02 Å². The molecule has 0 aromatic heterocycles. The summed E-state index contributed by atoms with van der Waals surface area (Å²) in [5.74, 6) is -0.841. The summed E-state index contributed by atoms with van der Waals surface area (Å²) in [5.41, 5.74) is -0.115. The van der Waals surface area contributed by atoms with Gasteiger partial charge in [-0.1, -0.05) is 18.5 Å². The number of benzene rings is 1. The average Bonchev–Trinajstić information content (AvgIpc) is 2.21. The van der Waals surface area contributed by atoms with Gasteiger partial charge in [-0.05, 0) is 24.1 Å². The van der Waals surface area contributed by atoms with Crippen molar-refractivity contribution >= 4 is 38.9 Å². The largest absolute Gasteiger partial charge is 0.281 e. The van der Waals surface area contributed by atoms with Crippen LogP contribution in [0.4, 0.5) is 10.1 Å². The van der Waals surface area contributed by atoms with Gasteiger partial charge in [-0.15, -0.1) is 11.6 Å². The van der Waals surface area contributed by atoms with Crippen LogP contribution in [0.1, 0.15) is 6.92 Å². The highest BCUT2D eigenvalue weighted by atomic mass is 35.5. The molecule has 0 amide bonds. The summed E-state index contributed by atoms with van der Waals surface area (Å²) in [6.07, 6.45) is 0. The molecule has 1 N–H and O–H groups in total. The van der Waals surface area contributed by atoms with E-state index in [0.717, 1.165) is 6.07 Å². The van der Waals surface area contributed by atoms with Crippen LogP contribution in [0.15, 0.2) is 18.2 Å². The van der Waals surface area contributed by atoms with Crippen LogP contribution < -0.4 is 4.72 Å². The molecule has 1 atom stereocenters. The van der Waals surface area contributed by atoms with Gasteiger partial charge in [-0.3, -0.25) is 4.72 Å². The molecule has 0 radical (unpaired) electrons. The number of sulfonamides is 1. The second kappa shape index (κ2) is 5.89. The summed E-state index contributed by atoms with van der Waals surface area (Å²) in [4.78, 5) is 0. The van der Waals surface area contributed by atoms with Gasteiger partial charge in [0.1, 0.15) is 5.82 Å². The molecule has 1 aromatic carbocycles. The first-order chi connectivity index (χ1) is 7.84. The van der Waals surface area contributed by atoms with Crippen molar-refractivity contribution in [2.45, 2.75) is 6.92 Å². The quantitative estimate of drug-likeness (QED) is 0.849. The van der Waals surface area contributed by atoms with Gasteiger partial charge < -0.3 is 0 Å². The maximum atomic E-state index is 13.4. The molecule has 17 heavy (non-hydrogen) atoms. The Balaban J connectivity index is 2.83. The summed E-state index contributed by atoms with van der Waals surface area (Å²) in [6, 6.07) is 3.73. The molecule has 1 aromatic rings. The number of alkyl halides is 1. The SMILES string of the molecule is CC(CCl)CS(=O)(=O)Nc1ccc(Cl)cc1F. The first-order valence-electron chi connectivity index (χ1n) is 4.85. The molecule has 96 valence electrons. The highest BCUT2D eigenvalue weighted by Gasteiger charge is 2.16. The molecule has 3 nitrogen and oxygen atoms in total. The molecule has 0 aliphatic heterocycles. The van der Waals surface area contributed by atoms with Crippen molar-refractivity contribution in [2.75, 3.05) is 16.4 Å². The van der Waals surface area contributed by atoms with E-state index in [4.69, 9.17) is 23.2 Å². The molecule has 0 fully saturated rings. The molecule has 0 spiro atoms. The Morgan fingerprint density at radius 1 is 1.47 bits per heavy atom. The fourth-order valence-corrected chi connectivity index (χ4v) is 3.05. The van der Waals surface area contributed by atoms with Gasteiger partial charge in [0, 0.05) is 10.9 Å². The van der Waals surface area contributed by atoms with Gasteiger partial charge in [0.2, 0.25) is 10.0 Å². The number of rotatable bonds is 5. The summed E-state index contributed by atoms with van der Waals surface area (Å²) in [7, 11) is -3.60. The monoisotopic (exact) mass is 299 g/mol. The number of anilines is 1. The Morgan fingerprint density at radius 2 is 2.12 bits per heavy atom. The zero-order valence-electron chi connectivity index (χ0n) is 9.08. The van der Waals surface area contributed by atoms with Crippen LogP contribution in [-0.4, -0.2) is 20.1 Å². The minimum absolute atomic E-state index is 0.115. The van der Waals surface area contributed by atoms with E-state index < -0.39 is 15.8 Å². The third-order valence-corrected chi connectivity index (χ3v) is 4.26. The van der Waals surface area contributed by atoms with Crippen LogP contribution in [0.5, 0.6) is 0 Å². The van der Waals surface area contributed by atoms with Gasteiger partial charge in [0.05, 0.1) is 11.4 Å². The van der Waals surface area contributed by atoms with E-state index in [9.17, 15) is 12.8 Å². The number of hydrogen-bond acceptors (Lipinski definition) is 2. The fraction of sp³-hybridized carbons (Fsp3) is 0.400. The molecule has 1 unspecified atom stereocenters. The van der Waals surface area contributed by atoms with E-state index in [-0.39, 0.29) is 28.3 Å². The summed E-state index contributed by atoms with van der Waals surface area (Å²) >= 11 is 11.1. The second-order valence-electron chi connectivity index (χ2n) is 3.77.